The molecule has 0 atom stereocenters. The zero-order valence-corrected chi connectivity index (χ0v) is 26.2. The van der Waals surface area contributed by atoms with Crippen molar-refractivity contribution in [1.82, 2.24) is 19.6 Å². The second kappa shape index (κ2) is 12.5. The fourth-order valence-electron chi connectivity index (χ4n) is 5.07. The fraction of sp³-hybridized carbons (Fsp3) is 0.303. The van der Waals surface area contributed by atoms with Crippen molar-refractivity contribution in [2.75, 3.05) is 44.4 Å². The summed E-state index contributed by atoms with van der Waals surface area (Å²) in [6.07, 6.45) is 2.92. The van der Waals surface area contributed by atoms with Crippen LogP contribution in [0.25, 0.3) is 21.3 Å². The molecule has 2 N–H and O–H groups in total. The second-order valence-electron chi connectivity index (χ2n) is 11.0. The number of nitrogens with one attached hydrogen (secondary N) is 2. The van der Waals surface area contributed by atoms with Crippen molar-refractivity contribution in [2.24, 2.45) is 7.05 Å². The number of likely N-dealkylation sites (N-methyl/N-ethyl adjacent to an activating group) is 2. The Balaban J connectivity index is 1.49. The van der Waals surface area contributed by atoms with Gasteiger partial charge in [-0.05, 0) is 74.7 Å². The first kappa shape index (κ1) is 30.2. The van der Waals surface area contributed by atoms with Crippen LogP contribution in [-0.2, 0) is 7.05 Å². The Hall–Kier alpha value is -4.28. The number of piperazine rings is 1. The van der Waals surface area contributed by atoms with Gasteiger partial charge < -0.3 is 15.5 Å². The van der Waals surface area contributed by atoms with E-state index in [1.54, 1.807) is 32.2 Å². The molecule has 0 unspecified atom stereocenters. The normalized spacial score (nSPS) is 15.6. The average molecular weight is 601 g/mol. The molecule has 1 aliphatic heterocycles. The number of hydrogen-bond donors (Lipinski definition) is 2. The number of aryl methyl sites for hydroxylation is 1. The number of aromatic nitrogens is 2. The number of halogens is 1. The molecular weight excluding hydrogens is 563 g/mol. The minimum absolute atomic E-state index is 0.0849. The van der Waals surface area contributed by atoms with Crippen molar-refractivity contribution < 1.29 is 9.18 Å². The standard InChI is InChI=1S/C33H37FN6O2S/c1-7-20(2)26(17-23-19-38(4)14-15-39(23)5)35-28-18-27(37-40(6)33(28)42)24-12-13-25(34)31(21(24)3)36-32(41)30-16-22-10-8-9-11-29(22)43-30/h8-13,16-18,35H,7,14-15,19H2,1-6H3,(H,36,41)/b23-17-,26-20?. The molecule has 0 saturated carbocycles. The van der Waals surface area contributed by atoms with Crippen LogP contribution in [0.5, 0.6) is 0 Å². The van der Waals surface area contributed by atoms with Gasteiger partial charge in [-0.1, -0.05) is 30.7 Å². The van der Waals surface area contributed by atoms with Gasteiger partial charge in [-0.25, -0.2) is 9.07 Å². The third kappa shape index (κ3) is 6.40. The molecule has 2 aromatic heterocycles. The van der Waals surface area contributed by atoms with Crippen LogP contribution in [0, 0.1) is 12.7 Å². The lowest BCUT2D eigenvalue weighted by molar-refractivity contribution is 0.103. The molecule has 0 radical (unpaired) electrons. The van der Waals surface area contributed by atoms with Crippen LogP contribution >= 0.6 is 11.3 Å². The number of thiophene rings is 1. The van der Waals surface area contributed by atoms with Crippen molar-refractivity contribution in [1.29, 1.82) is 0 Å². The van der Waals surface area contributed by atoms with E-state index in [9.17, 15) is 9.59 Å². The molecule has 0 spiro atoms. The lowest BCUT2D eigenvalue weighted by Crippen LogP contribution is -2.40. The number of benzene rings is 2. The topological polar surface area (TPSA) is 82.5 Å². The van der Waals surface area contributed by atoms with E-state index in [0.717, 1.165) is 53.1 Å². The second-order valence-corrected chi connectivity index (χ2v) is 12.1. The SMILES string of the molecule is CCC(C)=C(/C=C1/CN(C)CCN1C)Nc1cc(-c2ccc(F)c(NC(=O)c3cc4ccccc4s3)c2C)nn(C)c1=O. The Labute approximate surface area is 255 Å². The number of nitrogens with zero attached hydrogens (tertiary/aromatic N) is 4. The number of hydrogen-bond acceptors (Lipinski definition) is 7. The molecule has 1 aliphatic rings. The van der Waals surface area contributed by atoms with Crippen molar-refractivity contribution in [3.05, 3.63) is 98.2 Å². The summed E-state index contributed by atoms with van der Waals surface area (Å²) in [5, 5.41) is 11.6. The van der Waals surface area contributed by atoms with Gasteiger partial charge in [0.2, 0.25) is 0 Å². The van der Waals surface area contributed by atoms with Crippen LogP contribution in [-0.4, -0.2) is 59.2 Å². The molecule has 10 heteroatoms. The van der Waals surface area contributed by atoms with Gasteiger partial charge >= 0.3 is 0 Å². The third-order valence-electron chi connectivity index (χ3n) is 7.95. The van der Waals surface area contributed by atoms with E-state index < -0.39 is 5.82 Å². The molecular formula is C33H37FN6O2S. The number of carbonyl (C=O) groups is 1. The Morgan fingerprint density at radius 1 is 1.09 bits per heavy atom. The predicted octanol–water partition coefficient (Wildman–Crippen LogP) is 6.22. The summed E-state index contributed by atoms with van der Waals surface area (Å²) in [5.74, 6) is -0.928. The van der Waals surface area contributed by atoms with Crippen molar-refractivity contribution in [3.8, 4) is 11.3 Å². The van der Waals surface area contributed by atoms with Crippen molar-refractivity contribution >= 4 is 38.7 Å². The number of fused-ring (bicyclic) bond motifs is 1. The third-order valence-corrected chi connectivity index (χ3v) is 9.07. The van der Waals surface area contributed by atoms with Gasteiger partial charge in [0.15, 0.2) is 0 Å². The number of amides is 1. The monoisotopic (exact) mass is 600 g/mol. The van der Waals surface area contributed by atoms with Gasteiger partial charge in [0.25, 0.3) is 11.5 Å². The molecule has 4 aromatic rings. The molecule has 224 valence electrons. The molecule has 1 saturated heterocycles. The molecule has 5 rings (SSSR count). The first-order valence-corrected chi connectivity index (χ1v) is 15.1. The van der Waals surface area contributed by atoms with Crippen LogP contribution in [0.1, 0.15) is 35.5 Å². The molecule has 0 bridgehead atoms. The Kier molecular flexibility index (Phi) is 8.79. The van der Waals surface area contributed by atoms with E-state index in [0.29, 0.717) is 27.4 Å². The molecule has 43 heavy (non-hydrogen) atoms. The fourth-order valence-corrected chi connectivity index (χ4v) is 6.03. The Morgan fingerprint density at radius 2 is 1.86 bits per heavy atom. The number of allylic oxidation sites excluding steroid dienone is 2. The zero-order valence-electron chi connectivity index (χ0n) is 25.4. The first-order valence-electron chi connectivity index (χ1n) is 14.3. The van der Waals surface area contributed by atoms with Gasteiger partial charge in [0, 0.05) is 55.4 Å². The van der Waals surface area contributed by atoms with E-state index >= 15 is 4.39 Å². The Bertz CT molecular complexity index is 1790. The van der Waals surface area contributed by atoms with Gasteiger partial charge in [-0.15, -0.1) is 11.3 Å². The maximum absolute atomic E-state index is 15.1. The van der Waals surface area contributed by atoms with Crippen LogP contribution in [0.3, 0.4) is 0 Å². The minimum atomic E-state index is -0.545. The average Bonchev–Trinajstić information content (AvgIpc) is 3.43. The lowest BCUT2D eigenvalue weighted by atomic mass is 10.0. The summed E-state index contributed by atoms with van der Waals surface area (Å²) in [4.78, 5) is 31.4. The van der Waals surface area contributed by atoms with E-state index in [1.807, 2.05) is 31.2 Å². The van der Waals surface area contributed by atoms with Gasteiger partial charge in [-0.3, -0.25) is 14.5 Å². The smallest absolute Gasteiger partial charge is 0.290 e. The summed E-state index contributed by atoms with van der Waals surface area (Å²) in [5.41, 5.74) is 4.90. The van der Waals surface area contributed by atoms with Crippen LogP contribution in [0.4, 0.5) is 15.8 Å². The summed E-state index contributed by atoms with van der Waals surface area (Å²) in [7, 11) is 5.77. The highest BCUT2D eigenvalue weighted by Crippen LogP contribution is 2.32. The number of rotatable bonds is 7. The van der Waals surface area contributed by atoms with Gasteiger partial charge in [-0.2, -0.15) is 5.10 Å². The minimum Gasteiger partial charge on any atom is -0.375 e. The number of anilines is 2. The largest absolute Gasteiger partial charge is 0.375 e. The maximum atomic E-state index is 15.1. The number of carbonyl (C=O) groups excluding carboxylic acids is 1. The van der Waals surface area contributed by atoms with Gasteiger partial charge in [0.05, 0.1) is 16.3 Å². The molecule has 8 nitrogen and oxygen atoms in total. The maximum Gasteiger partial charge on any atom is 0.290 e. The molecule has 1 fully saturated rings. The van der Waals surface area contributed by atoms with Crippen molar-refractivity contribution in [2.45, 2.75) is 27.2 Å². The van der Waals surface area contributed by atoms with E-state index in [-0.39, 0.29) is 17.2 Å². The summed E-state index contributed by atoms with van der Waals surface area (Å²) >= 11 is 1.36. The van der Waals surface area contributed by atoms with Gasteiger partial charge in [0.1, 0.15) is 11.5 Å². The van der Waals surface area contributed by atoms with Crippen molar-refractivity contribution in [3.63, 3.8) is 0 Å². The van der Waals surface area contributed by atoms with E-state index in [1.165, 1.54) is 22.1 Å². The summed E-state index contributed by atoms with van der Waals surface area (Å²) in [6, 6.07) is 14.2. The van der Waals surface area contributed by atoms with Crippen LogP contribution < -0.4 is 16.2 Å². The van der Waals surface area contributed by atoms with E-state index in [4.69, 9.17) is 0 Å². The highest BCUT2D eigenvalue weighted by Gasteiger charge is 2.20. The highest BCUT2D eigenvalue weighted by atomic mass is 32.1. The summed E-state index contributed by atoms with van der Waals surface area (Å²) < 4.78 is 17.4. The Morgan fingerprint density at radius 3 is 2.60 bits per heavy atom. The molecule has 2 aromatic carbocycles. The van der Waals surface area contributed by atoms with E-state index in [2.05, 4.69) is 52.6 Å². The zero-order chi connectivity index (χ0) is 30.8. The predicted molar refractivity (Wildman–Crippen MR) is 174 cm³/mol. The highest BCUT2D eigenvalue weighted by molar-refractivity contribution is 7.20. The lowest BCUT2D eigenvalue weighted by Gasteiger charge is -2.34. The van der Waals surface area contributed by atoms with Crippen LogP contribution in [0.15, 0.2) is 76.4 Å². The van der Waals surface area contributed by atoms with Crippen LogP contribution in [0.2, 0.25) is 0 Å². The first-order chi connectivity index (χ1) is 20.5. The summed E-state index contributed by atoms with van der Waals surface area (Å²) in [6.45, 7) is 8.60. The molecule has 0 aliphatic carbocycles. The molecule has 3 heterocycles. The molecule has 1 amide bonds. The quantitative estimate of drug-likeness (QED) is 0.262.